The molecule has 1 aliphatic carbocycles. The number of hydrogen-bond acceptors (Lipinski definition) is 7. The number of hydrogen-bond donors (Lipinski definition) is 2. The first kappa shape index (κ1) is 31.9. The van der Waals surface area contributed by atoms with Crippen LogP contribution >= 0.6 is 11.8 Å². The zero-order chi connectivity index (χ0) is 31.6. The van der Waals surface area contributed by atoms with Gasteiger partial charge >= 0.3 is 5.97 Å². The minimum absolute atomic E-state index is 0.0823. The number of nitriles is 1. The Morgan fingerprint density at radius 1 is 1.11 bits per heavy atom. The number of nitrogens with zero attached hydrogens (tertiary/aromatic N) is 4. The standard InChI is InChI=1S/C35H39N5O4S/c1-45-18-17-31(35(42)43)38-34(41)33-16-15-32(44-33)28-11-13-29(14-12-28)39(21-26-5-3-2-4-6-26)23-30-20-37-24-40(30)22-27-9-7-25(19-36)8-10-27/h7-16,20,24,26,31H,2-6,17-18,21-23H2,1H3,(H,38,41)(H,42,43). The Bertz CT molecular complexity index is 1600. The van der Waals surface area contributed by atoms with E-state index in [4.69, 9.17) is 9.68 Å². The molecule has 2 aromatic heterocycles. The summed E-state index contributed by atoms with van der Waals surface area (Å²) in [5.74, 6) is 0.285. The number of amides is 1. The third kappa shape index (κ3) is 8.58. The Morgan fingerprint density at radius 2 is 1.87 bits per heavy atom. The molecule has 4 aromatic rings. The summed E-state index contributed by atoms with van der Waals surface area (Å²) >= 11 is 1.53. The van der Waals surface area contributed by atoms with Crippen LogP contribution in [-0.4, -0.2) is 51.1 Å². The summed E-state index contributed by atoms with van der Waals surface area (Å²) < 4.78 is 8.02. The van der Waals surface area contributed by atoms with Crippen molar-refractivity contribution in [1.82, 2.24) is 14.9 Å². The first-order valence-corrected chi connectivity index (χ1v) is 16.8. The van der Waals surface area contributed by atoms with Gasteiger partial charge in [-0.15, -0.1) is 0 Å². The fourth-order valence-corrected chi connectivity index (χ4v) is 6.29. The third-order valence-corrected chi connectivity index (χ3v) is 9.00. The highest BCUT2D eigenvalue weighted by atomic mass is 32.2. The molecule has 1 amide bonds. The minimum atomic E-state index is -1.06. The summed E-state index contributed by atoms with van der Waals surface area (Å²) in [6.07, 6.45) is 12.3. The van der Waals surface area contributed by atoms with Crippen LogP contribution in [0.5, 0.6) is 0 Å². The summed E-state index contributed by atoms with van der Waals surface area (Å²) in [6.45, 7) is 2.34. The lowest BCUT2D eigenvalue weighted by molar-refractivity contribution is -0.139. The predicted molar refractivity (Wildman–Crippen MR) is 176 cm³/mol. The lowest BCUT2D eigenvalue weighted by Crippen LogP contribution is -2.41. The number of carboxylic acids is 1. The number of aliphatic carboxylic acids is 1. The maximum absolute atomic E-state index is 12.7. The molecule has 2 N–H and O–H groups in total. The Hall–Kier alpha value is -4.49. The molecule has 0 spiro atoms. The summed E-state index contributed by atoms with van der Waals surface area (Å²) in [5, 5.41) is 21.2. The second-order valence-electron chi connectivity index (χ2n) is 11.6. The van der Waals surface area contributed by atoms with E-state index in [0.29, 0.717) is 42.5 Å². The molecule has 45 heavy (non-hydrogen) atoms. The second kappa shape index (κ2) is 15.5. The summed E-state index contributed by atoms with van der Waals surface area (Å²) in [6, 6.07) is 20.4. The van der Waals surface area contributed by atoms with Crippen molar-refractivity contribution in [3.8, 4) is 17.4 Å². The first-order valence-electron chi connectivity index (χ1n) is 15.4. The number of carbonyl (C=O) groups excluding carboxylic acids is 1. The highest BCUT2D eigenvalue weighted by Gasteiger charge is 2.23. The van der Waals surface area contributed by atoms with Crippen molar-refractivity contribution in [3.05, 3.63) is 95.8 Å². The first-order chi connectivity index (χ1) is 21.9. The summed E-state index contributed by atoms with van der Waals surface area (Å²) in [5.41, 5.74) is 4.80. The van der Waals surface area contributed by atoms with Crippen LogP contribution in [0.4, 0.5) is 5.69 Å². The quantitative estimate of drug-likeness (QED) is 0.161. The largest absolute Gasteiger partial charge is 0.480 e. The van der Waals surface area contributed by atoms with Gasteiger partial charge in [0, 0.05) is 30.5 Å². The molecule has 2 aromatic carbocycles. The molecule has 10 heteroatoms. The molecule has 1 atom stereocenters. The van der Waals surface area contributed by atoms with E-state index in [9.17, 15) is 14.7 Å². The minimum Gasteiger partial charge on any atom is -0.480 e. The van der Waals surface area contributed by atoms with Crippen molar-refractivity contribution < 1.29 is 19.1 Å². The van der Waals surface area contributed by atoms with E-state index in [2.05, 4.69) is 38.0 Å². The number of thioether (sulfide) groups is 1. The van der Waals surface area contributed by atoms with Crippen LogP contribution in [0.1, 0.15) is 65.9 Å². The molecular weight excluding hydrogens is 586 g/mol. The van der Waals surface area contributed by atoms with Gasteiger partial charge in [0.2, 0.25) is 0 Å². The fraction of sp³-hybridized carbons (Fsp3) is 0.371. The number of rotatable bonds is 14. The van der Waals surface area contributed by atoms with Crippen LogP contribution < -0.4 is 10.2 Å². The zero-order valence-electron chi connectivity index (χ0n) is 25.5. The molecule has 9 nitrogen and oxygen atoms in total. The van der Waals surface area contributed by atoms with Crippen molar-refractivity contribution >= 4 is 29.3 Å². The van der Waals surface area contributed by atoms with Gasteiger partial charge in [0.05, 0.1) is 30.2 Å². The van der Waals surface area contributed by atoms with Gasteiger partial charge in [0.1, 0.15) is 11.8 Å². The predicted octanol–water partition coefficient (Wildman–Crippen LogP) is 6.59. The molecule has 1 fully saturated rings. The van der Waals surface area contributed by atoms with Crippen LogP contribution in [0.15, 0.2) is 77.6 Å². The molecule has 1 unspecified atom stereocenters. The highest BCUT2D eigenvalue weighted by Crippen LogP contribution is 2.30. The Labute approximate surface area is 268 Å². The Kier molecular flexibility index (Phi) is 11.0. The van der Waals surface area contributed by atoms with E-state index >= 15 is 0 Å². The Morgan fingerprint density at radius 3 is 2.56 bits per heavy atom. The maximum Gasteiger partial charge on any atom is 0.326 e. The lowest BCUT2D eigenvalue weighted by atomic mass is 9.89. The van der Waals surface area contributed by atoms with Crippen molar-refractivity contribution in [2.45, 2.75) is 57.7 Å². The molecule has 0 saturated heterocycles. The molecule has 1 saturated carbocycles. The van der Waals surface area contributed by atoms with E-state index in [-0.39, 0.29) is 5.76 Å². The normalized spacial score (nSPS) is 14.0. The average molecular weight is 626 g/mol. The molecule has 0 aliphatic heterocycles. The topological polar surface area (TPSA) is 124 Å². The Balaban J connectivity index is 1.31. The fourth-order valence-electron chi connectivity index (χ4n) is 5.82. The lowest BCUT2D eigenvalue weighted by Gasteiger charge is -2.31. The molecule has 2 heterocycles. The van der Waals surface area contributed by atoms with Crippen molar-refractivity contribution in [2.75, 3.05) is 23.5 Å². The van der Waals surface area contributed by atoms with Crippen LogP contribution in [-0.2, 0) is 17.9 Å². The zero-order valence-corrected chi connectivity index (χ0v) is 26.3. The number of furan rings is 1. The average Bonchev–Trinajstić information content (AvgIpc) is 3.74. The molecule has 0 bridgehead atoms. The van der Waals surface area contributed by atoms with Crippen molar-refractivity contribution in [2.24, 2.45) is 5.92 Å². The van der Waals surface area contributed by atoms with Crippen LogP contribution in [0.25, 0.3) is 11.3 Å². The van der Waals surface area contributed by atoms with Crippen LogP contribution in [0, 0.1) is 17.2 Å². The summed E-state index contributed by atoms with van der Waals surface area (Å²) in [7, 11) is 0. The van der Waals surface area contributed by atoms with E-state index in [1.807, 2.05) is 55.2 Å². The molecule has 5 rings (SSSR count). The van der Waals surface area contributed by atoms with Gasteiger partial charge in [-0.05, 0) is 91.3 Å². The van der Waals surface area contributed by atoms with E-state index < -0.39 is 17.9 Å². The number of aromatic nitrogens is 2. The van der Waals surface area contributed by atoms with E-state index in [0.717, 1.165) is 29.1 Å². The van der Waals surface area contributed by atoms with Gasteiger partial charge in [-0.3, -0.25) is 4.79 Å². The van der Waals surface area contributed by atoms with Crippen LogP contribution in [0.2, 0.25) is 0 Å². The number of carbonyl (C=O) groups is 2. The van der Waals surface area contributed by atoms with Gasteiger partial charge in [-0.2, -0.15) is 17.0 Å². The molecule has 234 valence electrons. The number of imidazole rings is 1. The number of benzene rings is 2. The molecular formula is C35H39N5O4S. The number of nitrogens with one attached hydrogen (secondary N) is 1. The van der Waals surface area contributed by atoms with E-state index in [1.165, 1.54) is 43.9 Å². The second-order valence-corrected chi connectivity index (χ2v) is 12.5. The van der Waals surface area contributed by atoms with Crippen molar-refractivity contribution in [3.63, 3.8) is 0 Å². The monoisotopic (exact) mass is 625 g/mol. The smallest absolute Gasteiger partial charge is 0.326 e. The summed E-state index contributed by atoms with van der Waals surface area (Å²) in [4.78, 5) is 31.2. The van der Waals surface area contributed by atoms with Gasteiger partial charge in [-0.1, -0.05) is 31.4 Å². The highest BCUT2D eigenvalue weighted by molar-refractivity contribution is 7.98. The van der Waals surface area contributed by atoms with Gasteiger partial charge in [0.25, 0.3) is 5.91 Å². The van der Waals surface area contributed by atoms with Crippen molar-refractivity contribution in [1.29, 1.82) is 5.26 Å². The van der Waals surface area contributed by atoms with Crippen LogP contribution in [0.3, 0.4) is 0 Å². The molecule has 0 radical (unpaired) electrons. The van der Waals surface area contributed by atoms with Gasteiger partial charge in [0.15, 0.2) is 5.76 Å². The number of anilines is 1. The van der Waals surface area contributed by atoms with E-state index in [1.54, 1.807) is 12.1 Å². The van der Waals surface area contributed by atoms with Gasteiger partial charge in [-0.25, -0.2) is 9.78 Å². The SMILES string of the molecule is CSCCC(NC(=O)c1ccc(-c2ccc(N(Cc3cncn3Cc3ccc(C#N)cc3)CC3CCCCC3)cc2)o1)C(=O)O. The number of carboxylic acid groups (broad SMARTS) is 1. The molecule has 1 aliphatic rings. The maximum atomic E-state index is 12.7. The van der Waals surface area contributed by atoms with Gasteiger partial charge < -0.3 is 24.3 Å². The third-order valence-electron chi connectivity index (χ3n) is 8.35.